The van der Waals surface area contributed by atoms with Crippen LogP contribution in [0.2, 0.25) is 0 Å². The van der Waals surface area contributed by atoms with Crippen molar-refractivity contribution in [3.63, 3.8) is 0 Å². The number of methoxy groups -OCH3 is 2. The smallest absolute Gasteiger partial charge is 0.254 e. The number of carbonyl (C=O) groups excluding carboxylic acids is 1. The average molecular weight is 428 g/mol. The number of amides is 1. The molecule has 32 heavy (non-hydrogen) atoms. The van der Waals surface area contributed by atoms with Gasteiger partial charge in [0.2, 0.25) is 0 Å². The molecule has 0 bridgehead atoms. The molecule has 0 saturated heterocycles. The van der Waals surface area contributed by atoms with Crippen molar-refractivity contribution in [3.05, 3.63) is 94.0 Å². The quantitative estimate of drug-likeness (QED) is 0.550. The van der Waals surface area contributed by atoms with E-state index in [1.807, 2.05) is 24.3 Å². The number of ether oxygens (including phenoxy) is 2. The van der Waals surface area contributed by atoms with Crippen LogP contribution in [0.1, 0.15) is 57.4 Å². The van der Waals surface area contributed by atoms with Gasteiger partial charge < -0.3 is 14.4 Å². The summed E-state index contributed by atoms with van der Waals surface area (Å²) in [5, 5.41) is 0. The molecule has 4 heteroatoms. The van der Waals surface area contributed by atoms with E-state index < -0.39 is 0 Å². The van der Waals surface area contributed by atoms with E-state index in [0.29, 0.717) is 6.54 Å². The van der Waals surface area contributed by atoms with Crippen molar-refractivity contribution >= 4 is 5.91 Å². The summed E-state index contributed by atoms with van der Waals surface area (Å²) in [6, 6.07) is 21.0. The first-order valence-corrected chi connectivity index (χ1v) is 11.4. The molecule has 2 atom stereocenters. The molecule has 1 aliphatic heterocycles. The Morgan fingerprint density at radius 1 is 0.906 bits per heavy atom. The molecule has 0 N–H and O–H groups in total. The number of aryl methyl sites for hydroxylation is 2. The molecule has 0 aromatic heterocycles. The first kappa shape index (κ1) is 20.6. The van der Waals surface area contributed by atoms with E-state index in [1.54, 1.807) is 14.2 Å². The van der Waals surface area contributed by atoms with Crippen LogP contribution in [0.4, 0.5) is 0 Å². The Balaban J connectivity index is 1.68. The standard InChI is InChI=1S/C28H29NO3/c1-4-18-10-12-21-23(14-18)27-22-16-26(32-3)25(31-2)15-20(22)11-13-24(27)29(28(21)30)17-19-8-6-5-7-9-19/h5-10,12,14-16,24,27H,4,11,13,17H2,1-3H3. The lowest BCUT2D eigenvalue weighted by Gasteiger charge is -2.46. The van der Waals surface area contributed by atoms with Crippen molar-refractivity contribution in [2.45, 2.75) is 44.7 Å². The van der Waals surface area contributed by atoms with Crippen LogP contribution in [0, 0.1) is 0 Å². The molecule has 0 spiro atoms. The molecule has 4 nitrogen and oxygen atoms in total. The SMILES string of the molecule is CCc1ccc2c(c1)C1c3cc(OC)c(OC)cc3CCC1N(Cc1ccccc1)C2=O. The second kappa shape index (κ2) is 8.34. The maximum absolute atomic E-state index is 13.7. The van der Waals surface area contributed by atoms with Gasteiger partial charge in [-0.1, -0.05) is 49.4 Å². The highest BCUT2D eigenvalue weighted by Gasteiger charge is 2.43. The van der Waals surface area contributed by atoms with Gasteiger partial charge in [0.05, 0.1) is 14.2 Å². The van der Waals surface area contributed by atoms with Crippen LogP contribution in [-0.2, 0) is 19.4 Å². The Labute approximate surface area is 189 Å². The monoisotopic (exact) mass is 427 g/mol. The molecule has 2 aliphatic rings. The van der Waals surface area contributed by atoms with Crippen molar-refractivity contribution in [3.8, 4) is 11.5 Å². The zero-order valence-corrected chi connectivity index (χ0v) is 18.9. The van der Waals surface area contributed by atoms with Gasteiger partial charge in [-0.15, -0.1) is 0 Å². The van der Waals surface area contributed by atoms with Gasteiger partial charge in [-0.3, -0.25) is 4.79 Å². The van der Waals surface area contributed by atoms with Gasteiger partial charge >= 0.3 is 0 Å². The van der Waals surface area contributed by atoms with Crippen molar-refractivity contribution in [2.24, 2.45) is 0 Å². The van der Waals surface area contributed by atoms with E-state index in [9.17, 15) is 4.79 Å². The summed E-state index contributed by atoms with van der Waals surface area (Å²) in [5.74, 6) is 1.77. The van der Waals surface area contributed by atoms with Gasteiger partial charge in [-0.25, -0.2) is 0 Å². The number of nitrogens with zero attached hydrogens (tertiary/aromatic N) is 1. The third-order valence-electron chi connectivity index (χ3n) is 7.02. The summed E-state index contributed by atoms with van der Waals surface area (Å²) in [4.78, 5) is 15.8. The van der Waals surface area contributed by atoms with Gasteiger partial charge in [0.1, 0.15) is 0 Å². The van der Waals surface area contributed by atoms with E-state index in [2.05, 4.69) is 48.2 Å². The molecular formula is C28H29NO3. The number of benzene rings is 3. The van der Waals surface area contributed by atoms with Gasteiger partial charge in [-0.2, -0.15) is 0 Å². The topological polar surface area (TPSA) is 38.8 Å². The van der Waals surface area contributed by atoms with Gasteiger partial charge in [-0.05, 0) is 65.3 Å². The van der Waals surface area contributed by atoms with Crippen LogP contribution < -0.4 is 9.47 Å². The Bertz CT molecular complexity index is 1150. The molecule has 2 unspecified atom stereocenters. The fraction of sp³-hybridized carbons (Fsp3) is 0.321. The van der Waals surface area contributed by atoms with Gasteiger partial charge in [0, 0.05) is 24.1 Å². The number of fused-ring (bicyclic) bond motifs is 5. The second-order valence-corrected chi connectivity index (χ2v) is 8.68. The Kier molecular flexibility index (Phi) is 5.38. The predicted octanol–water partition coefficient (Wildman–Crippen LogP) is 5.37. The number of rotatable bonds is 5. The van der Waals surface area contributed by atoms with Crippen LogP contribution in [0.25, 0.3) is 0 Å². The molecule has 0 saturated carbocycles. The maximum Gasteiger partial charge on any atom is 0.254 e. The molecule has 164 valence electrons. The number of hydrogen-bond acceptors (Lipinski definition) is 3. The lowest BCUT2D eigenvalue weighted by atomic mass is 9.70. The molecule has 0 fully saturated rings. The highest BCUT2D eigenvalue weighted by atomic mass is 16.5. The molecular weight excluding hydrogens is 398 g/mol. The van der Waals surface area contributed by atoms with Crippen LogP contribution in [0.5, 0.6) is 11.5 Å². The summed E-state index contributed by atoms with van der Waals surface area (Å²) in [6.07, 6.45) is 2.80. The van der Waals surface area contributed by atoms with E-state index in [4.69, 9.17) is 9.47 Å². The first-order valence-electron chi connectivity index (χ1n) is 11.4. The van der Waals surface area contributed by atoms with Crippen molar-refractivity contribution in [1.82, 2.24) is 4.90 Å². The third-order valence-corrected chi connectivity index (χ3v) is 7.02. The summed E-state index contributed by atoms with van der Waals surface area (Å²) >= 11 is 0. The molecule has 1 heterocycles. The summed E-state index contributed by atoms with van der Waals surface area (Å²) in [7, 11) is 3.36. The van der Waals surface area contributed by atoms with Crippen LogP contribution in [0.15, 0.2) is 60.7 Å². The molecule has 5 rings (SSSR count). The Hall–Kier alpha value is -3.27. The highest BCUT2D eigenvalue weighted by Crippen LogP contribution is 2.47. The summed E-state index contributed by atoms with van der Waals surface area (Å²) in [5.41, 5.74) is 6.93. The Morgan fingerprint density at radius 2 is 1.66 bits per heavy atom. The first-order chi connectivity index (χ1) is 15.6. The van der Waals surface area contributed by atoms with E-state index in [1.165, 1.54) is 16.7 Å². The molecule has 3 aromatic rings. The Morgan fingerprint density at radius 3 is 2.38 bits per heavy atom. The number of hydrogen-bond donors (Lipinski definition) is 0. The van der Waals surface area contributed by atoms with Crippen LogP contribution >= 0.6 is 0 Å². The predicted molar refractivity (Wildman–Crippen MR) is 126 cm³/mol. The lowest BCUT2D eigenvalue weighted by molar-refractivity contribution is 0.0586. The van der Waals surface area contributed by atoms with Crippen molar-refractivity contribution < 1.29 is 14.3 Å². The minimum Gasteiger partial charge on any atom is -0.493 e. The zero-order valence-electron chi connectivity index (χ0n) is 18.9. The molecule has 1 amide bonds. The summed E-state index contributed by atoms with van der Waals surface area (Å²) in [6.45, 7) is 2.78. The largest absolute Gasteiger partial charge is 0.493 e. The highest BCUT2D eigenvalue weighted by molar-refractivity contribution is 5.98. The minimum absolute atomic E-state index is 0.118. The van der Waals surface area contributed by atoms with E-state index in [-0.39, 0.29) is 17.9 Å². The minimum atomic E-state index is 0.118. The average Bonchev–Trinajstić information content (AvgIpc) is 2.85. The van der Waals surface area contributed by atoms with Crippen LogP contribution in [0.3, 0.4) is 0 Å². The summed E-state index contributed by atoms with van der Waals surface area (Å²) < 4.78 is 11.2. The normalized spacial score (nSPS) is 19.1. The lowest BCUT2D eigenvalue weighted by Crippen LogP contribution is -2.49. The fourth-order valence-corrected chi connectivity index (χ4v) is 5.39. The molecule has 1 aliphatic carbocycles. The second-order valence-electron chi connectivity index (χ2n) is 8.68. The van der Waals surface area contributed by atoms with Gasteiger partial charge in [0.25, 0.3) is 5.91 Å². The number of carbonyl (C=O) groups is 1. The molecule has 3 aromatic carbocycles. The van der Waals surface area contributed by atoms with Gasteiger partial charge in [0.15, 0.2) is 11.5 Å². The fourth-order valence-electron chi connectivity index (χ4n) is 5.39. The van der Waals surface area contributed by atoms with E-state index in [0.717, 1.165) is 47.5 Å². The van der Waals surface area contributed by atoms with Crippen molar-refractivity contribution in [1.29, 1.82) is 0 Å². The molecule has 0 radical (unpaired) electrons. The van der Waals surface area contributed by atoms with Crippen molar-refractivity contribution in [2.75, 3.05) is 14.2 Å². The van der Waals surface area contributed by atoms with E-state index >= 15 is 0 Å². The zero-order chi connectivity index (χ0) is 22.2. The third kappa shape index (κ3) is 3.35. The van der Waals surface area contributed by atoms with Crippen LogP contribution in [-0.4, -0.2) is 31.1 Å². The maximum atomic E-state index is 13.7.